The number of aliphatic carboxylic acids is 1. The highest BCUT2D eigenvalue weighted by atomic mass is 16.4. The van der Waals surface area contributed by atoms with Crippen molar-refractivity contribution >= 4 is 11.9 Å². The number of amides is 1. The second-order valence-corrected chi connectivity index (χ2v) is 5.17. The Bertz CT molecular complexity index is 286. The van der Waals surface area contributed by atoms with Crippen molar-refractivity contribution in [1.29, 1.82) is 0 Å². The summed E-state index contributed by atoms with van der Waals surface area (Å²) in [6.45, 7) is 6.89. The number of carbonyl (C=O) groups is 2. The Balaban J connectivity index is 2.67. The summed E-state index contributed by atoms with van der Waals surface area (Å²) < 4.78 is 0. The summed E-state index contributed by atoms with van der Waals surface area (Å²) in [6.07, 6.45) is 2.26. The fourth-order valence-electron chi connectivity index (χ4n) is 1.94. The fraction of sp³-hybridized carbons (Fsp3) is 0.833. The zero-order valence-electron chi connectivity index (χ0n) is 10.3. The molecular weight excluding hydrogens is 206 g/mol. The van der Waals surface area contributed by atoms with E-state index in [9.17, 15) is 9.59 Å². The van der Waals surface area contributed by atoms with Crippen LogP contribution in [0.15, 0.2) is 0 Å². The van der Waals surface area contributed by atoms with E-state index < -0.39 is 5.97 Å². The van der Waals surface area contributed by atoms with Gasteiger partial charge in [0.2, 0.25) is 5.91 Å². The molecule has 0 aromatic rings. The Morgan fingerprint density at radius 2 is 2.06 bits per heavy atom. The number of hydrogen-bond donors (Lipinski definition) is 1. The Labute approximate surface area is 96.6 Å². The van der Waals surface area contributed by atoms with Crippen LogP contribution in [0.25, 0.3) is 0 Å². The minimum absolute atomic E-state index is 0.0842. The van der Waals surface area contributed by atoms with Crippen molar-refractivity contribution < 1.29 is 14.7 Å². The molecule has 16 heavy (non-hydrogen) atoms. The number of piperidine rings is 1. The van der Waals surface area contributed by atoms with Gasteiger partial charge in [0.25, 0.3) is 0 Å². The van der Waals surface area contributed by atoms with Gasteiger partial charge < -0.3 is 10.0 Å². The van der Waals surface area contributed by atoms with E-state index in [1.165, 1.54) is 0 Å². The summed E-state index contributed by atoms with van der Waals surface area (Å²) >= 11 is 0. The average molecular weight is 227 g/mol. The predicted octanol–water partition coefficient (Wildman–Crippen LogP) is 1.75. The highest BCUT2D eigenvalue weighted by molar-refractivity contribution is 5.82. The molecule has 1 atom stereocenters. The van der Waals surface area contributed by atoms with Gasteiger partial charge in [-0.05, 0) is 19.3 Å². The number of nitrogens with zero attached hydrogens (tertiary/aromatic N) is 1. The normalized spacial score (nSPS) is 21.9. The summed E-state index contributed by atoms with van der Waals surface area (Å²) in [5.41, 5.74) is -0.375. The van der Waals surface area contributed by atoms with Crippen molar-refractivity contribution in [3.05, 3.63) is 0 Å². The lowest BCUT2D eigenvalue weighted by atomic mass is 9.87. The number of hydrogen-bond acceptors (Lipinski definition) is 2. The monoisotopic (exact) mass is 227 g/mol. The predicted molar refractivity (Wildman–Crippen MR) is 61.0 cm³/mol. The fourth-order valence-corrected chi connectivity index (χ4v) is 1.94. The number of carboxylic acid groups (broad SMARTS) is 1. The average Bonchev–Trinajstić information content (AvgIpc) is 2.28. The van der Waals surface area contributed by atoms with E-state index in [0.717, 1.165) is 12.8 Å². The summed E-state index contributed by atoms with van der Waals surface area (Å²) in [5, 5.41) is 8.96. The van der Waals surface area contributed by atoms with Gasteiger partial charge in [0.1, 0.15) is 0 Å². The molecule has 1 N–H and O–H groups in total. The molecule has 0 aromatic carbocycles. The lowest BCUT2D eigenvalue weighted by Crippen LogP contribution is -2.47. The van der Waals surface area contributed by atoms with Gasteiger partial charge in [-0.3, -0.25) is 9.59 Å². The molecule has 1 rings (SSSR count). The molecule has 4 heteroatoms. The van der Waals surface area contributed by atoms with Crippen LogP contribution in [-0.2, 0) is 9.59 Å². The van der Waals surface area contributed by atoms with Gasteiger partial charge in [0.05, 0.1) is 5.92 Å². The van der Waals surface area contributed by atoms with Crippen molar-refractivity contribution in [2.24, 2.45) is 11.3 Å². The number of rotatable bonds is 3. The first kappa shape index (κ1) is 13.0. The molecule has 1 aliphatic heterocycles. The van der Waals surface area contributed by atoms with Crippen LogP contribution in [0.4, 0.5) is 0 Å². The topological polar surface area (TPSA) is 57.6 Å². The Morgan fingerprint density at radius 1 is 1.44 bits per heavy atom. The van der Waals surface area contributed by atoms with Gasteiger partial charge in [-0.1, -0.05) is 20.8 Å². The lowest BCUT2D eigenvalue weighted by molar-refractivity contribution is -0.148. The zero-order chi connectivity index (χ0) is 12.3. The Hall–Kier alpha value is -1.06. The van der Waals surface area contributed by atoms with Crippen molar-refractivity contribution in [2.75, 3.05) is 13.1 Å². The van der Waals surface area contributed by atoms with Crippen LogP contribution in [0.5, 0.6) is 0 Å². The maximum atomic E-state index is 12.2. The third kappa shape index (κ3) is 2.74. The Kier molecular flexibility index (Phi) is 3.94. The molecule has 1 heterocycles. The van der Waals surface area contributed by atoms with Crippen LogP contribution in [-0.4, -0.2) is 35.0 Å². The third-order valence-electron chi connectivity index (χ3n) is 3.52. The van der Waals surface area contributed by atoms with Crippen molar-refractivity contribution in [3.8, 4) is 0 Å². The molecule has 0 bridgehead atoms. The molecule has 0 unspecified atom stereocenters. The van der Waals surface area contributed by atoms with Crippen LogP contribution in [0.2, 0.25) is 0 Å². The van der Waals surface area contributed by atoms with E-state index in [0.29, 0.717) is 19.5 Å². The summed E-state index contributed by atoms with van der Waals surface area (Å²) in [5.74, 6) is -1.09. The first-order valence-corrected chi connectivity index (χ1v) is 5.90. The van der Waals surface area contributed by atoms with Gasteiger partial charge >= 0.3 is 5.97 Å². The minimum Gasteiger partial charge on any atom is -0.481 e. The van der Waals surface area contributed by atoms with E-state index >= 15 is 0 Å². The summed E-state index contributed by atoms with van der Waals surface area (Å²) in [4.78, 5) is 24.8. The molecule has 0 aliphatic carbocycles. The van der Waals surface area contributed by atoms with Crippen LogP contribution in [0, 0.1) is 11.3 Å². The summed E-state index contributed by atoms with van der Waals surface area (Å²) in [7, 11) is 0. The van der Waals surface area contributed by atoms with Gasteiger partial charge in [0, 0.05) is 18.5 Å². The molecule has 1 aliphatic rings. The molecule has 4 nitrogen and oxygen atoms in total. The SMILES string of the molecule is CCC(C)(C)C(=O)N1CCC[C@H](C(=O)O)C1. The van der Waals surface area contributed by atoms with Crippen molar-refractivity contribution in [1.82, 2.24) is 4.90 Å². The first-order chi connectivity index (χ1) is 7.38. The van der Waals surface area contributed by atoms with Crippen LogP contribution >= 0.6 is 0 Å². The smallest absolute Gasteiger partial charge is 0.308 e. The number of carbonyl (C=O) groups excluding carboxylic acids is 1. The molecule has 92 valence electrons. The highest BCUT2D eigenvalue weighted by Crippen LogP contribution is 2.26. The summed E-state index contributed by atoms with van der Waals surface area (Å²) in [6, 6.07) is 0. The largest absolute Gasteiger partial charge is 0.481 e. The third-order valence-corrected chi connectivity index (χ3v) is 3.52. The van der Waals surface area contributed by atoms with Gasteiger partial charge in [-0.2, -0.15) is 0 Å². The van der Waals surface area contributed by atoms with Crippen LogP contribution in [0.1, 0.15) is 40.0 Å². The second-order valence-electron chi connectivity index (χ2n) is 5.17. The maximum Gasteiger partial charge on any atom is 0.308 e. The minimum atomic E-state index is -0.785. The zero-order valence-corrected chi connectivity index (χ0v) is 10.3. The molecule has 0 radical (unpaired) electrons. The standard InChI is InChI=1S/C12H21NO3/c1-4-12(2,3)11(16)13-7-5-6-9(8-13)10(14)15/h9H,4-8H2,1-3H3,(H,14,15)/t9-/m0/s1. The molecule has 1 fully saturated rings. The lowest BCUT2D eigenvalue weighted by Gasteiger charge is -2.36. The Morgan fingerprint density at radius 3 is 2.56 bits per heavy atom. The van der Waals surface area contributed by atoms with E-state index in [1.54, 1.807) is 4.90 Å². The molecule has 0 aromatic heterocycles. The van der Waals surface area contributed by atoms with Crippen LogP contribution < -0.4 is 0 Å². The second kappa shape index (κ2) is 4.85. The molecule has 1 amide bonds. The van der Waals surface area contributed by atoms with E-state index in [2.05, 4.69) is 0 Å². The van der Waals surface area contributed by atoms with E-state index in [4.69, 9.17) is 5.11 Å². The highest BCUT2D eigenvalue weighted by Gasteiger charge is 2.34. The molecule has 0 spiro atoms. The molecular formula is C12H21NO3. The number of likely N-dealkylation sites (tertiary alicyclic amines) is 1. The van der Waals surface area contributed by atoms with Crippen LogP contribution in [0.3, 0.4) is 0 Å². The first-order valence-electron chi connectivity index (χ1n) is 5.90. The molecule has 1 saturated heterocycles. The quantitative estimate of drug-likeness (QED) is 0.799. The number of carboxylic acids is 1. The molecule has 0 saturated carbocycles. The van der Waals surface area contributed by atoms with Gasteiger partial charge in [-0.25, -0.2) is 0 Å². The van der Waals surface area contributed by atoms with E-state index in [1.807, 2.05) is 20.8 Å². The van der Waals surface area contributed by atoms with Gasteiger partial charge in [0.15, 0.2) is 0 Å². The van der Waals surface area contributed by atoms with Gasteiger partial charge in [-0.15, -0.1) is 0 Å². The van der Waals surface area contributed by atoms with E-state index in [-0.39, 0.29) is 17.2 Å². The van der Waals surface area contributed by atoms with Crippen molar-refractivity contribution in [3.63, 3.8) is 0 Å². The maximum absolute atomic E-state index is 12.2. The van der Waals surface area contributed by atoms with Crippen molar-refractivity contribution in [2.45, 2.75) is 40.0 Å².